The second-order valence-corrected chi connectivity index (χ2v) is 7.11. The van der Waals surface area contributed by atoms with Crippen LogP contribution in [-0.2, 0) is 0 Å². The smallest absolute Gasteiger partial charge is 0.0548 e. The number of fused-ring (bicyclic) bond motifs is 1. The molecule has 1 unspecified atom stereocenters. The zero-order valence-corrected chi connectivity index (χ0v) is 11.4. The van der Waals surface area contributed by atoms with Crippen LogP contribution in [0, 0.1) is 29.1 Å². The van der Waals surface area contributed by atoms with E-state index in [4.69, 9.17) is 0 Å². The molecule has 0 amide bonds. The first-order valence-corrected chi connectivity index (χ1v) is 7.10. The summed E-state index contributed by atoms with van der Waals surface area (Å²) in [6.07, 6.45) is 6.17. The lowest BCUT2D eigenvalue weighted by molar-refractivity contribution is -0.0640. The maximum atomic E-state index is 9.96. The molecule has 2 fully saturated rings. The first-order valence-electron chi connectivity index (χ1n) is 7.10. The lowest BCUT2D eigenvalue weighted by Crippen LogP contribution is -2.46. The molecule has 2 saturated carbocycles. The van der Waals surface area contributed by atoms with Crippen LogP contribution >= 0.6 is 0 Å². The van der Waals surface area contributed by atoms with E-state index >= 15 is 0 Å². The van der Waals surface area contributed by atoms with Gasteiger partial charge in [-0.2, -0.15) is 0 Å². The molecule has 0 aromatic rings. The van der Waals surface area contributed by atoms with E-state index in [1.165, 1.54) is 19.3 Å². The maximum absolute atomic E-state index is 9.96. The molecule has 94 valence electrons. The minimum atomic E-state index is -0.0353. The van der Waals surface area contributed by atoms with Crippen molar-refractivity contribution in [3.05, 3.63) is 0 Å². The summed E-state index contributed by atoms with van der Waals surface area (Å²) in [5.41, 5.74) is 0.433. The van der Waals surface area contributed by atoms with Gasteiger partial charge in [-0.1, -0.05) is 27.7 Å². The number of aliphatic hydroxyl groups is 1. The van der Waals surface area contributed by atoms with Gasteiger partial charge < -0.3 is 5.11 Å². The van der Waals surface area contributed by atoms with Gasteiger partial charge in [-0.3, -0.25) is 0 Å². The van der Waals surface area contributed by atoms with Gasteiger partial charge in [0.2, 0.25) is 0 Å². The van der Waals surface area contributed by atoms with Gasteiger partial charge in [-0.15, -0.1) is 0 Å². The summed E-state index contributed by atoms with van der Waals surface area (Å²) in [5.74, 6) is 3.34. The molecule has 0 bridgehead atoms. The highest BCUT2D eigenvalue weighted by molar-refractivity contribution is 4.97. The molecule has 1 heteroatoms. The van der Waals surface area contributed by atoms with Crippen LogP contribution in [0.25, 0.3) is 0 Å². The molecule has 0 aliphatic heterocycles. The topological polar surface area (TPSA) is 20.2 Å². The standard InChI is InChI=1S/C15H28O/c1-10(2)12-5-6-15(4)9-13(16)7-11(3)14(15)8-12/h10-14,16H,5-9H2,1-4H3/t11-,12-,13?,14+,15-/m1/s1. The Morgan fingerprint density at radius 1 is 1.25 bits per heavy atom. The van der Waals surface area contributed by atoms with Crippen LogP contribution < -0.4 is 0 Å². The largest absolute Gasteiger partial charge is 0.393 e. The summed E-state index contributed by atoms with van der Waals surface area (Å²) >= 11 is 0. The van der Waals surface area contributed by atoms with Crippen LogP contribution in [0.2, 0.25) is 0 Å². The van der Waals surface area contributed by atoms with Gasteiger partial charge in [0.05, 0.1) is 6.10 Å². The van der Waals surface area contributed by atoms with Crippen LogP contribution in [0.4, 0.5) is 0 Å². The Morgan fingerprint density at radius 3 is 2.56 bits per heavy atom. The monoisotopic (exact) mass is 224 g/mol. The molecule has 0 aromatic heterocycles. The van der Waals surface area contributed by atoms with E-state index in [2.05, 4.69) is 27.7 Å². The molecule has 0 heterocycles. The second-order valence-electron chi connectivity index (χ2n) is 7.11. The van der Waals surface area contributed by atoms with Crippen molar-refractivity contribution in [2.24, 2.45) is 29.1 Å². The molecule has 0 aromatic carbocycles. The van der Waals surface area contributed by atoms with Crippen molar-refractivity contribution in [3.63, 3.8) is 0 Å². The van der Waals surface area contributed by atoms with Crippen molar-refractivity contribution in [1.29, 1.82) is 0 Å². The molecule has 1 N–H and O–H groups in total. The Hall–Kier alpha value is -0.0400. The highest BCUT2D eigenvalue weighted by Gasteiger charge is 2.47. The fraction of sp³-hybridized carbons (Fsp3) is 1.00. The van der Waals surface area contributed by atoms with Crippen LogP contribution in [0.15, 0.2) is 0 Å². The van der Waals surface area contributed by atoms with E-state index in [1.54, 1.807) is 0 Å². The van der Waals surface area contributed by atoms with E-state index in [0.29, 0.717) is 5.41 Å². The average molecular weight is 224 g/mol. The molecule has 16 heavy (non-hydrogen) atoms. The quantitative estimate of drug-likeness (QED) is 0.717. The summed E-state index contributed by atoms with van der Waals surface area (Å²) in [6.45, 7) is 9.52. The van der Waals surface area contributed by atoms with Crippen molar-refractivity contribution in [2.75, 3.05) is 0 Å². The van der Waals surface area contributed by atoms with Crippen molar-refractivity contribution in [1.82, 2.24) is 0 Å². The van der Waals surface area contributed by atoms with Crippen molar-refractivity contribution in [2.45, 2.75) is 65.9 Å². The number of aliphatic hydroxyl groups excluding tert-OH is 1. The lowest BCUT2D eigenvalue weighted by atomic mass is 9.53. The zero-order valence-electron chi connectivity index (χ0n) is 11.4. The number of rotatable bonds is 1. The Morgan fingerprint density at radius 2 is 1.94 bits per heavy atom. The third-order valence-corrected chi connectivity index (χ3v) is 5.51. The Bertz CT molecular complexity index is 248. The summed E-state index contributed by atoms with van der Waals surface area (Å²) in [4.78, 5) is 0. The van der Waals surface area contributed by atoms with Gasteiger partial charge in [0.1, 0.15) is 0 Å². The maximum Gasteiger partial charge on any atom is 0.0548 e. The van der Waals surface area contributed by atoms with E-state index in [0.717, 1.165) is 36.5 Å². The van der Waals surface area contributed by atoms with Gasteiger partial charge in [0.25, 0.3) is 0 Å². The van der Waals surface area contributed by atoms with E-state index in [-0.39, 0.29) is 6.10 Å². The summed E-state index contributed by atoms with van der Waals surface area (Å²) in [7, 11) is 0. The molecule has 0 saturated heterocycles. The molecule has 0 spiro atoms. The second kappa shape index (κ2) is 4.33. The molecule has 2 rings (SSSR count). The van der Waals surface area contributed by atoms with E-state index in [1.807, 2.05) is 0 Å². The average Bonchev–Trinajstić information content (AvgIpc) is 2.15. The molecule has 2 aliphatic carbocycles. The van der Waals surface area contributed by atoms with E-state index in [9.17, 15) is 5.11 Å². The Labute approximate surface area is 101 Å². The fourth-order valence-corrected chi connectivity index (χ4v) is 4.42. The third kappa shape index (κ3) is 2.16. The van der Waals surface area contributed by atoms with Gasteiger partial charge in [0, 0.05) is 0 Å². The van der Waals surface area contributed by atoms with Crippen LogP contribution in [0.5, 0.6) is 0 Å². The number of hydrogen-bond donors (Lipinski definition) is 1. The van der Waals surface area contributed by atoms with E-state index < -0.39 is 0 Å². The van der Waals surface area contributed by atoms with Crippen LogP contribution in [-0.4, -0.2) is 11.2 Å². The first kappa shape index (κ1) is 12.4. The van der Waals surface area contributed by atoms with Gasteiger partial charge in [-0.25, -0.2) is 0 Å². The predicted molar refractivity (Wildman–Crippen MR) is 68.2 cm³/mol. The first-order chi connectivity index (χ1) is 7.42. The fourth-order valence-electron chi connectivity index (χ4n) is 4.42. The molecule has 0 radical (unpaired) electrons. The molecule has 1 nitrogen and oxygen atoms in total. The normalized spacial score (nSPS) is 49.1. The van der Waals surface area contributed by atoms with Gasteiger partial charge >= 0.3 is 0 Å². The SMILES string of the molecule is CC(C)[C@@H]1CC[C@]2(C)CC(O)C[C@@H](C)[C@@H]2C1. The van der Waals surface area contributed by atoms with Crippen LogP contribution in [0.3, 0.4) is 0 Å². The highest BCUT2D eigenvalue weighted by Crippen LogP contribution is 2.54. The minimum absolute atomic E-state index is 0.0353. The molecule has 5 atom stereocenters. The van der Waals surface area contributed by atoms with Crippen molar-refractivity contribution in [3.8, 4) is 0 Å². The summed E-state index contributed by atoms with van der Waals surface area (Å²) < 4.78 is 0. The minimum Gasteiger partial charge on any atom is -0.393 e. The highest BCUT2D eigenvalue weighted by atomic mass is 16.3. The Balaban J connectivity index is 2.11. The summed E-state index contributed by atoms with van der Waals surface area (Å²) in [5, 5.41) is 9.96. The van der Waals surface area contributed by atoms with Crippen LogP contribution in [0.1, 0.15) is 59.8 Å². The van der Waals surface area contributed by atoms with Crippen molar-refractivity contribution < 1.29 is 5.11 Å². The molecular weight excluding hydrogens is 196 g/mol. The van der Waals surface area contributed by atoms with Gasteiger partial charge in [-0.05, 0) is 61.2 Å². The predicted octanol–water partition coefficient (Wildman–Crippen LogP) is 3.86. The Kier molecular flexibility index (Phi) is 3.36. The zero-order chi connectivity index (χ0) is 11.9. The molecular formula is C15H28O. The lowest BCUT2D eigenvalue weighted by Gasteiger charge is -2.52. The van der Waals surface area contributed by atoms with Gasteiger partial charge in [0.15, 0.2) is 0 Å². The third-order valence-electron chi connectivity index (χ3n) is 5.51. The summed E-state index contributed by atoms with van der Waals surface area (Å²) in [6, 6.07) is 0. The molecule has 2 aliphatic rings. The number of hydrogen-bond acceptors (Lipinski definition) is 1. The van der Waals surface area contributed by atoms with Crippen molar-refractivity contribution >= 4 is 0 Å².